The molecule has 0 unspecified atom stereocenters. The summed E-state index contributed by atoms with van der Waals surface area (Å²) in [6, 6.07) is 0. The molecule has 1 aromatic rings. The third-order valence-corrected chi connectivity index (χ3v) is 2.11. The predicted octanol–water partition coefficient (Wildman–Crippen LogP) is 1.65. The van der Waals surface area contributed by atoms with Crippen molar-refractivity contribution in [2.24, 2.45) is 0 Å². The normalized spacial score (nSPS) is 11.2. The van der Waals surface area contributed by atoms with Crippen LogP contribution in [0.1, 0.15) is 17.4 Å². The van der Waals surface area contributed by atoms with Gasteiger partial charge in [-0.15, -0.1) is 0 Å². The van der Waals surface area contributed by atoms with E-state index in [0.717, 1.165) is 17.3 Å². The van der Waals surface area contributed by atoms with Crippen molar-refractivity contribution in [1.29, 1.82) is 0 Å². The van der Waals surface area contributed by atoms with Gasteiger partial charge < -0.3 is 9.64 Å². The molecule has 1 rings (SSSR count). The second kappa shape index (κ2) is 5.65. The first-order chi connectivity index (χ1) is 8.37. The summed E-state index contributed by atoms with van der Waals surface area (Å²) in [7, 11) is 1.18. The number of esters is 1. The highest BCUT2D eigenvalue weighted by molar-refractivity contribution is 5.86. The van der Waals surface area contributed by atoms with Crippen LogP contribution in [0.25, 0.3) is 0 Å². The van der Waals surface area contributed by atoms with E-state index in [-0.39, 0.29) is 18.1 Å². The Morgan fingerprint density at radius 3 is 2.44 bits per heavy atom. The van der Waals surface area contributed by atoms with Crippen LogP contribution in [0.15, 0.2) is 12.4 Å². The standard InChI is InChI=1S/C10H12F3N3O2/c1-3-16(6-10(11,12)13)8-5-14-7(4-15-8)9(17)18-2/h4-5H,3,6H2,1-2H3. The van der Waals surface area contributed by atoms with Crippen molar-refractivity contribution in [3.05, 3.63) is 18.1 Å². The summed E-state index contributed by atoms with van der Waals surface area (Å²) in [6.45, 7) is 0.586. The number of methoxy groups -OCH3 is 1. The van der Waals surface area contributed by atoms with E-state index in [9.17, 15) is 18.0 Å². The van der Waals surface area contributed by atoms with Crippen molar-refractivity contribution in [1.82, 2.24) is 9.97 Å². The Bertz CT molecular complexity index is 406. The van der Waals surface area contributed by atoms with Crippen molar-refractivity contribution in [2.75, 3.05) is 25.1 Å². The second-order valence-corrected chi connectivity index (χ2v) is 3.38. The number of carbonyl (C=O) groups excluding carboxylic acids is 1. The minimum Gasteiger partial charge on any atom is -0.464 e. The van der Waals surface area contributed by atoms with Crippen molar-refractivity contribution >= 4 is 11.8 Å². The molecule has 0 fully saturated rings. The van der Waals surface area contributed by atoms with E-state index >= 15 is 0 Å². The third-order valence-electron chi connectivity index (χ3n) is 2.11. The Balaban J connectivity index is 2.85. The maximum Gasteiger partial charge on any atom is 0.405 e. The van der Waals surface area contributed by atoms with Gasteiger partial charge in [-0.25, -0.2) is 14.8 Å². The lowest BCUT2D eigenvalue weighted by Crippen LogP contribution is -2.34. The number of hydrogen-bond donors (Lipinski definition) is 0. The van der Waals surface area contributed by atoms with Crippen LogP contribution in [0.3, 0.4) is 0 Å². The van der Waals surface area contributed by atoms with Gasteiger partial charge >= 0.3 is 12.1 Å². The van der Waals surface area contributed by atoms with Crippen LogP contribution >= 0.6 is 0 Å². The first kappa shape index (κ1) is 14.2. The molecule has 0 atom stereocenters. The fourth-order valence-electron chi connectivity index (χ4n) is 1.27. The van der Waals surface area contributed by atoms with Crippen LogP contribution in [0.5, 0.6) is 0 Å². The minimum absolute atomic E-state index is 0.0516. The average Bonchev–Trinajstić information content (AvgIpc) is 2.34. The van der Waals surface area contributed by atoms with Gasteiger partial charge in [-0.1, -0.05) is 0 Å². The molecule has 18 heavy (non-hydrogen) atoms. The first-order valence-corrected chi connectivity index (χ1v) is 5.09. The van der Waals surface area contributed by atoms with E-state index in [2.05, 4.69) is 14.7 Å². The van der Waals surface area contributed by atoms with Gasteiger partial charge in [-0.2, -0.15) is 13.2 Å². The number of aromatic nitrogens is 2. The lowest BCUT2D eigenvalue weighted by atomic mass is 10.4. The molecule has 0 aliphatic rings. The van der Waals surface area contributed by atoms with Crippen LogP contribution in [-0.2, 0) is 4.74 Å². The molecule has 5 nitrogen and oxygen atoms in total. The van der Waals surface area contributed by atoms with E-state index in [1.807, 2.05) is 0 Å². The fourth-order valence-corrected chi connectivity index (χ4v) is 1.27. The summed E-state index contributed by atoms with van der Waals surface area (Å²) in [5.74, 6) is -0.629. The molecule has 0 amide bonds. The van der Waals surface area contributed by atoms with Gasteiger partial charge in [0.25, 0.3) is 0 Å². The van der Waals surface area contributed by atoms with Crippen molar-refractivity contribution in [2.45, 2.75) is 13.1 Å². The molecule has 0 bridgehead atoms. The number of nitrogens with zero attached hydrogens (tertiary/aromatic N) is 3. The van der Waals surface area contributed by atoms with Gasteiger partial charge in [0.05, 0.1) is 19.5 Å². The average molecular weight is 263 g/mol. The molecule has 100 valence electrons. The SMILES string of the molecule is CCN(CC(F)(F)F)c1cnc(C(=O)OC)cn1. The Labute approximate surface area is 102 Å². The molecule has 0 saturated heterocycles. The van der Waals surface area contributed by atoms with Crippen LogP contribution in [0.4, 0.5) is 19.0 Å². The monoisotopic (exact) mass is 263 g/mol. The summed E-state index contributed by atoms with van der Waals surface area (Å²) in [6.07, 6.45) is -2.12. The van der Waals surface area contributed by atoms with Crippen LogP contribution in [0, 0.1) is 0 Å². The molecule has 0 aromatic carbocycles. The Kier molecular flexibility index (Phi) is 4.46. The number of alkyl halides is 3. The quantitative estimate of drug-likeness (QED) is 0.773. The Hall–Kier alpha value is -1.86. The maximum absolute atomic E-state index is 12.3. The molecule has 0 aliphatic heterocycles. The number of carbonyl (C=O) groups is 1. The highest BCUT2D eigenvalue weighted by Crippen LogP contribution is 2.19. The highest BCUT2D eigenvalue weighted by Gasteiger charge is 2.30. The molecule has 1 aromatic heterocycles. The summed E-state index contributed by atoms with van der Waals surface area (Å²) >= 11 is 0. The zero-order valence-corrected chi connectivity index (χ0v) is 9.86. The Morgan fingerprint density at radius 2 is 2.06 bits per heavy atom. The largest absolute Gasteiger partial charge is 0.464 e. The smallest absolute Gasteiger partial charge is 0.405 e. The van der Waals surface area contributed by atoms with E-state index in [1.54, 1.807) is 6.92 Å². The Morgan fingerprint density at radius 1 is 1.39 bits per heavy atom. The van der Waals surface area contributed by atoms with Gasteiger partial charge in [0.2, 0.25) is 0 Å². The van der Waals surface area contributed by atoms with Gasteiger partial charge in [0.1, 0.15) is 12.4 Å². The summed E-state index contributed by atoms with van der Waals surface area (Å²) in [5, 5.41) is 0. The second-order valence-electron chi connectivity index (χ2n) is 3.38. The van der Waals surface area contributed by atoms with Crippen molar-refractivity contribution in [3.63, 3.8) is 0 Å². The minimum atomic E-state index is -4.32. The summed E-state index contributed by atoms with van der Waals surface area (Å²) in [5.41, 5.74) is -0.0516. The maximum atomic E-state index is 12.3. The molecule has 0 saturated carbocycles. The van der Waals surface area contributed by atoms with E-state index < -0.39 is 18.7 Å². The number of halogens is 3. The molecule has 1 heterocycles. The van der Waals surface area contributed by atoms with E-state index in [4.69, 9.17) is 0 Å². The van der Waals surface area contributed by atoms with E-state index in [1.165, 1.54) is 7.11 Å². The first-order valence-electron chi connectivity index (χ1n) is 5.09. The number of anilines is 1. The van der Waals surface area contributed by atoms with Crippen molar-refractivity contribution < 1.29 is 22.7 Å². The van der Waals surface area contributed by atoms with Gasteiger partial charge in [0, 0.05) is 6.54 Å². The number of ether oxygens (including phenoxy) is 1. The van der Waals surface area contributed by atoms with Gasteiger partial charge in [-0.05, 0) is 6.92 Å². The molecule has 0 aliphatic carbocycles. The molecule has 0 N–H and O–H groups in total. The molecule has 0 radical (unpaired) electrons. The van der Waals surface area contributed by atoms with Gasteiger partial charge in [-0.3, -0.25) is 0 Å². The molecule has 8 heteroatoms. The lowest BCUT2D eigenvalue weighted by molar-refractivity contribution is -0.119. The summed E-state index contributed by atoms with van der Waals surface area (Å²) < 4.78 is 41.2. The van der Waals surface area contributed by atoms with Crippen LogP contribution in [0.2, 0.25) is 0 Å². The fraction of sp³-hybridized carbons (Fsp3) is 0.500. The zero-order chi connectivity index (χ0) is 13.8. The van der Waals surface area contributed by atoms with E-state index in [0.29, 0.717) is 0 Å². The number of hydrogen-bond acceptors (Lipinski definition) is 5. The lowest BCUT2D eigenvalue weighted by Gasteiger charge is -2.22. The van der Waals surface area contributed by atoms with Crippen LogP contribution < -0.4 is 4.90 Å². The predicted molar refractivity (Wildman–Crippen MR) is 57.3 cm³/mol. The third kappa shape index (κ3) is 3.86. The zero-order valence-electron chi connectivity index (χ0n) is 9.86. The molecular weight excluding hydrogens is 251 g/mol. The van der Waals surface area contributed by atoms with Crippen molar-refractivity contribution in [3.8, 4) is 0 Å². The topological polar surface area (TPSA) is 55.3 Å². The molecule has 0 spiro atoms. The highest BCUT2D eigenvalue weighted by atomic mass is 19.4. The number of rotatable bonds is 4. The molecular formula is C10H12F3N3O2. The summed E-state index contributed by atoms with van der Waals surface area (Å²) in [4.78, 5) is 19.6. The van der Waals surface area contributed by atoms with Crippen LogP contribution in [-0.4, -0.2) is 42.3 Å². The van der Waals surface area contributed by atoms with Gasteiger partial charge in [0.15, 0.2) is 5.69 Å².